The Kier molecular flexibility index (Phi) is 3.41. The number of carbonyl (C=O) groups excluding carboxylic acids is 1. The molecule has 0 radical (unpaired) electrons. The number of benzene rings is 1. The van der Waals surface area contributed by atoms with Crippen molar-refractivity contribution in [3.63, 3.8) is 0 Å². The largest absolute Gasteiger partial charge is 0.383 e. The molecule has 18 heavy (non-hydrogen) atoms. The third kappa shape index (κ3) is 1.91. The van der Waals surface area contributed by atoms with Crippen LogP contribution in [0.15, 0.2) is 6.07 Å². The summed E-state index contributed by atoms with van der Waals surface area (Å²) in [6, 6.07) is 1.89. The molecule has 0 aromatic heterocycles. The molecule has 0 saturated carbocycles. The number of amides is 1. The van der Waals surface area contributed by atoms with E-state index >= 15 is 0 Å². The lowest BCUT2D eigenvalue weighted by Gasteiger charge is -2.18. The summed E-state index contributed by atoms with van der Waals surface area (Å²) in [7, 11) is 1.64. The molecule has 2 unspecified atom stereocenters. The maximum Gasteiger partial charge on any atom is 0.231 e. The average molecular weight is 248 g/mol. The van der Waals surface area contributed by atoms with Crippen LogP contribution >= 0.6 is 0 Å². The Morgan fingerprint density at radius 3 is 2.72 bits per heavy atom. The number of ether oxygens (including phenoxy) is 1. The van der Waals surface area contributed by atoms with Crippen molar-refractivity contribution in [1.29, 1.82) is 0 Å². The van der Waals surface area contributed by atoms with Crippen molar-refractivity contribution in [2.24, 2.45) is 5.73 Å². The van der Waals surface area contributed by atoms with Crippen molar-refractivity contribution in [3.05, 3.63) is 28.3 Å². The molecule has 4 nitrogen and oxygen atoms in total. The van der Waals surface area contributed by atoms with Crippen LogP contribution in [0.4, 0.5) is 5.69 Å². The van der Waals surface area contributed by atoms with E-state index in [1.165, 1.54) is 0 Å². The van der Waals surface area contributed by atoms with Crippen LogP contribution in [0.1, 0.15) is 41.1 Å². The van der Waals surface area contributed by atoms with E-state index in [1.54, 1.807) is 7.11 Å². The van der Waals surface area contributed by atoms with E-state index < -0.39 is 0 Å². The molecule has 1 amide bonds. The summed E-state index contributed by atoms with van der Waals surface area (Å²) in [5.41, 5.74) is 11.4. The minimum Gasteiger partial charge on any atom is -0.383 e. The molecule has 2 atom stereocenters. The number of rotatable bonds is 3. The smallest absolute Gasteiger partial charge is 0.231 e. The lowest BCUT2D eigenvalue weighted by molar-refractivity contribution is -0.116. The van der Waals surface area contributed by atoms with E-state index in [2.05, 4.69) is 5.32 Å². The Balaban J connectivity index is 2.52. The SMILES string of the molecule is COCC(N)c1cc2c(c(C)c1C)NC(=O)C2C. The fraction of sp³-hybridized carbons (Fsp3) is 0.500. The van der Waals surface area contributed by atoms with Crippen LogP contribution in [-0.2, 0) is 9.53 Å². The van der Waals surface area contributed by atoms with Crippen molar-refractivity contribution in [3.8, 4) is 0 Å². The zero-order chi connectivity index (χ0) is 13.4. The predicted octanol–water partition coefficient (Wildman–Crippen LogP) is 2.01. The first-order chi connectivity index (χ1) is 8.47. The fourth-order valence-electron chi connectivity index (χ4n) is 2.50. The van der Waals surface area contributed by atoms with Crippen LogP contribution in [0.5, 0.6) is 0 Å². The molecule has 3 N–H and O–H groups in total. The van der Waals surface area contributed by atoms with Gasteiger partial charge in [0.1, 0.15) is 0 Å². The number of hydrogen-bond donors (Lipinski definition) is 2. The number of nitrogens with two attached hydrogens (primary N) is 1. The monoisotopic (exact) mass is 248 g/mol. The third-order valence-corrected chi connectivity index (χ3v) is 3.82. The highest BCUT2D eigenvalue weighted by Gasteiger charge is 2.30. The Labute approximate surface area is 108 Å². The summed E-state index contributed by atoms with van der Waals surface area (Å²) in [6.07, 6.45) is 0. The van der Waals surface area contributed by atoms with Crippen molar-refractivity contribution >= 4 is 11.6 Å². The van der Waals surface area contributed by atoms with Gasteiger partial charge in [0, 0.05) is 12.8 Å². The number of fused-ring (bicyclic) bond motifs is 1. The highest BCUT2D eigenvalue weighted by molar-refractivity contribution is 6.03. The molecule has 0 bridgehead atoms. The van der Waals surface area contributed by atoms with Crippen molar-refractivity contribution < 1.29 is 9.53 Å². The first kappa shape index (κ1) is 13.1. The van der Waals surface area contributed by atoms with Crippen LogP contribution < -0.4 is 11.1 Å². The number of nitrogens with one attached hydrogen (secondary N) is 1. The minimum absolute atomic E-state index is 0.0602. The van der Waals surface area contributed by atoms with Gasteiger partial charge >= 0.3 is 0 Å². The quantitative estimate of drug-likeness (QED) is 0.860. The van der Waals surface area contributed by atoms with Gasteiger partial charge in [0.25, 0.3) is 0 Å². The second-order valence-corrected chi connectivity index (χ2v) is 4.95. The van der Waals surface area contributed by atoms with Gasteiger partial charge in [-0.05, 0) is 43.0 Å². The van der Waals surface area contributed by atoms with E-state index in [-0.39, 0.29) is 17.9 Å². The maximum atomic E-state index is 11.7. The first-order valence-corrected chi connectivity index (χ1v) is 6.16. The summed E-state index contributed by atoms with van der Waals surface area (Å²) in [5, 5.41) is 2.94. The van der Waals surface area contributed by atoms with Gasteiger partial charge < -0.3 is 15.8 Å². The Morgan fingerprint density at radius 2 is 2.11 bits per heavy atom. The number of carbonyl (C=O) groups is 1. The van der Waals surface area contributed by atoms with Gasteiger partial charge in [0.15, 0.2) is 0 Å². The van der Waals surface area contributed by atoms with Gasteiger partial charge in [-0.25, -0.2) is 0 Å². The summed E-state index contributed by atoms with van der Waals surface area (Å²) in [6.45, 7) is 6.46. The highest BCUT2D eigenvalue weighted by atomic mass is 16.5. The molecule has 2 rings (SSSR count). The van der Waals surface area contributed by atoms with Crippen molar-refractivity contribution in [1.82, 2.24) is 0 Å². The van der Waals surface area contributed by atoms with E-state index in [9.17, 15) is 4.79 Å². The number of methoxy groups -OCH3 is 1. The first-order valence-electron chi connectivity index (χ1n) is 6.16. The number of hydrogen-bond acceptors (Lipinski definition) is 3. The van der Waals surface area contributed by atoms with Gasteiger partial charge in [-0.2, -0.15) is 0 Å². The van der Waals surface area contributed by atoms with Gasteiger partial charge in [0.05, 0.1) is 18.6 Å². The standard InChI is InChI=1S/C14H20N2O2/c1-7-8(2)13-11(9(3)14(17)16-13)5-10(7)12(15)6-18-4/h5,9,12H,6,15H2,1-4H3,(H,16,17). The summed E-state index contributed by atoms with van der Waals surface area (Å²) in [4.78, 5) is 11.7. The van der Waals surface area contributed by atoms with Crippen molar-refractivity contribution in [2.45, 2.75) is 32.7 Å². The predicted molar refractivity (Wildman–Crippen MR) is 71.8 cm³/mol. The molecule has 1 aliphatic rings. The summed E-state index contributed by atoms with van der Waals surface area (Å²) < 4.78 is 5.11. The summed E-state index contributed by atoms with van der Waals surface area (Å²) >= 11 is 0. The molecule has 0 fully saturated rings. The van der Waals surface area contributed by atoms with Crippen LogP contribution in [0.25, 0.3) is 0 Å². The van der Waals surface area contributed by atoms with E-state index in [4.69, 9.17) is 10.5 Å². The second kappa shape index (κ2) is 4.71. The topological polar surface area (TPSA) is 64.3 Å². The zero-order valence-corrected chi connectivity index (χ0v) is 11.3. The molecule has 1 heterocycles. The lowest BCUT2D eigenvalue weighted by Crippen LogP contribution is -2.18. The van der Waals surface area contributed by atoms with Crippen molar-refractivity contribution in [2.75, 3.05) is 19.0 Å². The van der Waals surface area contributed by atoms with Crippen LogP contribution in [0, 0.1) is 13.8 Å². The fourth-order valence-corrected chi connectivity index (χ4v) is 2.50. The van der Waals surface area contributed by atoms with Gasteiger partial charge in [-0.15, -0.1) is 0 Å². The maximum absolute atomic E-state index is 11.7. The normalized spacial score (nSPS) is 19.6. The van der Waals surface area contributed by atoms with Gasteiger partial charge in [-0.1, -0.05) is 6.07 Å². The Morgan fingerprint density at radius 1 is 1.44 bits per heavy atom. The molecule has 1 aromatic rings. The Bertz CT molecular complexity index is 497. The second-order valence-electron chi connectivity index (χ2n) is 4.95. The van der Waals surface area contributed by atoms with Gasteiger partial charge in [-0.3, -0.25) is 4.79 Å². The van der Waals surface area contributed by atoms with Crippen LogP contribution in [0.3, 0.4) is 0 Å². The lowest BCUT2D eigenvalue weighted by atomic mass is 9.90. The molecule has 98 valence electrons. The summed E-state index contributed by atoms with van der Waals surface area (Å²) in [5.74, 6) is -0.0437. The van der Waals surface area contributed by atoms with Gasteiger partial charge in [0.2, 0.25) is 5.91 Å². The molecule has 0 spiro atoms. The minimum atomic E-state index is -0.151. The molecule has 0 saturated heterocycles. The molecule has 4 heteroatoms. The highest BCUT2D eigenvalue weighted by Crippen LogP contribution is 2.38. The molecular weight excluding hydrogens is 228 g/mol. The van der Waals surface area contributed by atoms with E-state index in [0.717, 1.165) is 27.9 Å². The van der Waals surface area contributed by atoms with Crippen LogP contribution in [0.2, 0.25) is 0 Å². The Hall–Kier alpha value is -1.39. The molecule has 1 aliphatic heterocycles. The average Bonchev–Trinajstić information content (AvgIpc) is 2.61. The third-order valence-electron chi connectivity index (χ3n) is 3.82. The zero-order valence-electron chi connectivity index (χ0n) is 11.3. The number of anilines is 1. The van der Waals surface area contributed by atoms with E-state index in [0.29, 0.717) is 6.61 Å². The van der Waals surface area contributed by atoms with E-state index in [1.807, 2.05) is 26.8 Å². The molecule has 0 aliphatic carbocycles. The molecule has 1 aromatic carbocycles. The molecular formula is C14H20N2O2. The van der Waals surface area contributed by atoms with Crippen LogP contribution in [-0.4, -0.2) is 19.6 Å².